The maximum atomic E-state index is 12.6. The average Bonchev–Trinajstić information content (AvgIpc) is 3.31. The lowest BCUT2D eigenvalue weighted by molar-refractivity contribution is -0.131. The number of rotatable bonds is 9. The molecule has 3 rings (SSSR count). The van der Waals surface area contributed by atoms with E-state index in [2.05, 4.69) is 47.1 Å². The molecule has 5 N–H and O–H groups in total. The lowest BCUT2D eigenvalue weighted by atomic mass is 10.0. The van der Waals surface area contributed by atoms with Crippen LogP contribution < -0.4 is 21.4 Å². The largest absolute Gasteiger partial charge is 0.339 e. The molecule has 1 heterocycles. The summed E-state index contributed by atoms with van der Waals surface area (Å²) in [5.41, 5.74) is 5.47. The molecule has 7 nitrogen and oxygen atoms in total. The predicted molar refractivity (Wildman–Crippen MR) is 116 cm³/mol. The van der Waals surface area contributed by atoms with E-state index in [-0.39, 0.29) is 12.5 Å². The topological polar surface area (TPSA) is 102 Å². The second-order valence-electron chi connectivity index (χ2n) is 7.58. The highest BCUT2D eigenvalue weighted by molar-refractivity contribution is 5.97. The Morgan fingerprint density at radius 3 is 2.33 bits per heavy atom. The molecule has 2 aromatic carbocycles. The Hall–Kier alpha value is -2.74. The van der Waals surface area contributed by atoms with Crippen molar-refractivity contribution in [1.29, 1.82) is 0 Å². The monoisotopic (exact) mass is 410 g/mol. The molecule has 1 unspecified atom stereocenters. The van der Waals surface area contributed by atoms with Gasteiger partial charge in [0, 0.05) is 24.7 Å². The molecule has 2 amide bonds. The molecule has 30 heavy (non-hydrogen) atoms. The van der Waals surface area contributed by atoms with E-state index in [0.29, 0.717) is 18.2 Å². The van der Waals surface area contributed by atoms with E-state index < -0.39 is 11.9 Å². The molecule has 0 bridgehead atoms. The molecule has 7 heteroatoms. The van der Waals surface area contributed by atoms with Gasteiger partial charge in [0.2, 0.25) is 0 Å². The Bertz CT molecular complexity index is 831. The van der Waals surface area contributed by atoms with Gasteiger partial charge in [0.05, 0.1) is 0 Å². The van der Waals surface area contributed by atoms with Crippen LogP contribution in [0.2, 0.25) is 0 Å². The Morgan fingerprint density at radius 1 is 1.10 bits per heavy atom. The van der Waals surface area contributed by atoms with Crippen molar-refractivity contribution < 1.29 is 14.8 Å². The van der Waals surface area contributed by atoms with Crippen LogP contribution in [0.4, 0.5) is 0 Å². The summed E-state index contributed by atoms with van der Waals surface area (Å²) in [6.07, 6.45) is 3.22. The van der Waals surface area contributed by atoms with Crippen molar-refractivity contribution in [2.75, 3.05) is 19.6 Å². The van der Waals surface area contributed by atoms with E-state index in [1.165, 1.54) is 5.56 Å². The second-order valence-corrected chi connectivity index (χ2v) is 7.58. The number of nitrogens with one attached hydrogen (secondary N) is 4. The number of aryl methyl sites for hydroxylation is 1. The lowest BCUT2D eigenvalue weighted by Gasteiger charge is -2.19. The highest BCUT2D eigenvalue weighted by Crippen LogP contribution is 2.20. The number of hydrogen-bond acceptors (Lipinski definition) is 5. The summed E-state index contributed by atoms with van der Waals surface area (Å²) in [4.78, 5) is 24.6. The van der Waals surface area contributed by atoms with Gasteiger partial charge in [-0.1, -0.05) is 43.3 Å². The van der Waals surface area contributed by atoms with Gasteiger partial charge in [-0.15, -0.1) is 0 Å². The van der Waals surface area contributed by atoms with Crippen LogP contribution in [0.3, 0.4) is 0 Å². The molecule has 1 aliphatic rings. The molecule has 2 atom stereocenters. The van der Waals surface area contributed by atoms with Crippen molar-refractivity contribution >= 4 is 11.8 Å². The summed E-state index contributed by atoms with van der Waals surface area (Å²) in [5.74, 6) is -1.01. The smallest absolute Gasteiger partial charge is 0.267 e. The first-order valence-electron chi connectivity index (χ1n) is 10.5. The number of benzene rings is 2. The summed E-state index contributed by atoms with van der Waals surface area (Å²) in [6.45, 7) is 4.06. The van der Waals surface area contributed by atoms with Crippen LogP contribution in [0, 0.1) is 0 Å². The molecule has 160 valence electrons. The number of hydroxylamine groups is 1. The first-order valence-corrected chi connectivity index (χ1v) is 10.5. The molecule has 0 aromatic heterocycles. The number of amides is 2. The summed E-state index contributed by atoms with van der Waals surface area (Å²) >= 11 is 0. The summed E-state index contributed by atoms with van der Waals surface area (Å²) in [6, 6.07) is 15.1. The average molecular weight is 411 g/mol. The van der Waals surface area contributed by atoms with Crippen molar-refractivity contribution in [3.05, 3.63) is 59.7 Å². The minimum Gasteiger partial charge on any atom is -0.339 e. The molecule has 1 fully saturated rings. The molecular formula is C23H30N4O3. The van der Waals surface area contributed by atoms with Gasteiger partial charge in [0.25, 0.3) is 11.8 Å². The van der Waals surface area contributed by atoms with Crippen molar-refractivity contribution in [2.45, 2.75) is 38.3 Å². The third-order valence-electron chi connectivity index (χ3n) is 5.48. The quantitative estimate of drug-likeness (QED) is 0.321. The molecule has 2 aromatic rings. The minimum atomic E-state index is -0.870. The van der Waals surface area contributed by atoms with Gasteiger partial charge in [0.1, 0.15) is 6.04 Å². The number of carbonyl (C=O) groups is 2. The molecule has 0 saturated carbocycles. The first kappa shape index (κ1) is 22.0. The van der Waals surface area contributed by atoms with Crippen LogP contribution in [0.5, 0.6) is 0 Å². The Balaban J connectivity index is 1.59. The summed E-state index contributed by atoms with van der Waals surface area (Å²) < 4.78 is 0. The second kappa shape index (κ2) is 10.9. The Labute approximate surface area is 177 Å². The maximum absolute atomic E-state index is 12.6. The van der Waals surface area contributed by atoms with E-state index in [9.17, 15) is 9.59 Å². The highest BCUT2D eigenvalue weighted by Gasteiger charge is 2.22. The minimum absolute atomic E-state index is 0.234. The molecule has 0 aliphatic carbocycles. The Kier molecular flexibility index (Phi) is 7.96. The zero-order chi connectivity index (χ0) is 21.3. The van der Waals surface area contributed by atoms with Crippen molar-refractivity contribution in [3.8, 4) is 11.1 Å². The maximum Gasteiger partial charge on any atom is 0.267 e. The van der Waals surface area contributed by atoms with Gasteiger partial charge in [-0.25, -0.2) is 5.48 Å². The first-order chi connectivity index (χ1) is 14.6. The van der Waals surface area contributed by atoms with E-state index in [0.717, 1.165) is 36.9 Å². The Morgan fingerprint density at radius 2 is 1.77 bits per heavy atom. The molecule has 0 radical (unpaired) electrons. The number of hydrogen-bond donors (Lipinski definition) is 5. The fourth-order valence-electron chi connectivity index (χ4n) is 3.61. The zero-order valence-corrected chi connectivity index (χ0v) is 17.3. The number of carbonyl (C=O) groups excluding carboxylic acids is 2. The van der Waals surface area contributed by atoms with Crippen LogP contribution in [-0.4, -0.2) is 48.7 Å². The van der Waals surface area contributed by atoms with E-state index in [1.54, 1.807) is 17.6 Å². The van der Waals surface area contributed by atoms with Gasteiger partial charge >= 0.3 is 0 Å². The highest BCUT2D eigenvalue weighted by atomic mass is 16.5. The van der Waals surface area contributed by atoms with Gasteiger partial charge in [-0.3, -0.25) is 14.8 Å². The predicted octanol–water partition coefficient (Wildman–Crippen LogP) is 1.86. The van der Waals surface area contributed by atoms with Gasteiger partial charge < -0.3 is 16.0 Å². The summed E-state index contributed by atoms with van der Waals surface area (Å²) in [7, 11) is 0. The fourth-order valence-corrected chi connectivity index (χ4v) is 3.61. The van der Waals surface area contributed by atoms with E-state index in [4.69, 9.17) is 5.21 Å². The van der Waals surface area contributed by atoms with Crippen LogP contribution in [0.15, 0.2) is 48.5 Å². The molecule has 0 spiro atoms. The third kappa shape index (κ3) is 5.89. The molecule has 1 aliphatic heterocycles. The van der Waals surface area contributed by atoms with Gasteiger partial charge in [-0.05, 0) is 54.6 Å². The zero-order valence-electron chi connectivity index (χ0n) is 17.3. The lowest BCUT2D eigenvalue weighted by Crippen LogP contribution is -2.52. The van der Waals surface area contributed by atoms with E-state index >= 15 is 0 Å². The van der Waals surface area contributed by atoms with Crippen LogP contribution in [0.25, 0.3) is 11.1 Å². The molecular weight excluding hydrogens is 380 g/mol. The van der Waals surface area contributed by atoms with E-state index in [1.807, 2.05) is 12.1 Å². The standard InChI is InChI=1S/C23H30N4O3/c1-2-16-5-7-17(8-6-16)18-9-11-19(12-10-18)22(28)26-21(23(29)27-30)15-24-14-20-4-3-13-25-20/h5-12,20-21,24-25,30H,2-4,13-15H2,1H3,(H,26,28)(H,27,29)/t20-,21?/m0/s1. The normalized spacial score (nSPS) is 16.8. The van der Waals surface area contributed by atoms with Crippen molar-refractivity contribution in [3.63, 3.8) is 0 Å². The van der Waals surface area contributed by atoms with Crippen molar-refractivity contribution in [1.82, 2.24) is 21.4 Å². The van der Waals surface area contributed by atoms with Crippen LogP contribution in [-0.2, 0) is 11.2 Å². The third-order valence-corrected chi connectivity index (χ3v) is 5.48. The van der Waals surface area contributed by atoms with Crippen LogP contribution >= 0.6 is 0 Å². The molecule has 1 saturated heterocycles. The SMILES string of the molecule is CCc1ccc(-c2ccc(C(=O)NC(CNC[C@@H]3CCCN3)C(=O)NO)cc2)cc1. The summed E-state index contributed by atoms with van der Waals surface area (Å²) in [5, 5.41) is 18.3. The van der Waals surface area contributed by atoms with Crippen LogP contribution in [0.1, 0.15) is 35.7 Å². The van der Waals surface area contributed by atoms with Gasteiger partial charge in [0.15, 0.2) is 0 Å². The van der Waals surface area contributed by atoms with Gasteiger partial charge in [-0.2, -0.15) is 0 Å². The fraction of sp³-hybridized carbons (Fsp3) is 0.391. The van der Waals surface area contributed by atoms with Crippen molar-refractivity contribution in [2.24, 2.45) is 0 Å².